The Morgan fingerprint density at radius 2 is 1.86 bits per heavy atom. The van der Waals surface area contributed by atoms with Crippen LogP contribution in [-0.2, 0) is 4.74 Å². The van der Waals surface area contributed by atoms with Gasteiger partial charge in [0.1, 0.15) is 17.4 Å². The molecule has 0 aliphatic heterocycles. The normalized spacial score (nSPS) is 10.4. The first-order valence-electron chi connectivity index (χ1n) is 10.4. The molecule has 0 aliphatic rings. The van der Waals surface area contributed by atoms with E-state index in [-0.39, 0.29) is 23.7 Å². The SMILES string of the molecule is COCOc1ccccc1-c1cc(-c2ccc(C(=O)O)cc2)c(C#N)c(NC(=O)c2cccs2)n1. The standard InChI is InChI=1S/C26H19N3O5S/c1-33-15-34-22-6-3-2-5-18(22)21-13-19(16-8-10-17(11-9-16)26(31)32)20(14-27)24(28-21)29-25(30)23-7-4-12-35-23/h2-13H,15H2,1H3,(H,31,32)(H,28,29,30). The molecule has 0 unspecified atom stereocenters. The fraction of sp³-hybridized carbons (Fsp3) is 0.0769. The second-order valence-corrected chi connectivity index (χ2v) is 8.20. The van der Waals surface area contributed by atoms with Crippen LogP contribution in [0.25, 0.3) is 22.4 Å². The van der Waals surface area contributed by atoms with E-state index in [1.54, 1.807) is 41.8 Å². The average Bonchev–Trinajstić information content (AvgIpc) is 3.42. The number of aromatic nitrogens is 1. The number of carboxylic acid groups (broad SMARTS) is 1. The number of carboxylic acids is 1. The number of aromatic carboxylic acids is 1. The number of benzene rings is 2. The van der Waals surface area contributed by atoms with E-state index in [1.807, 2.05) is 18.2 Å². The molecule has 2 aromatic carbocycles. The minimum absolute atomic E-state index is 0.0266. The van der Waals surface area contributed by atoms with Crippen molar-refractivity contribution in [3.8, 4) is 34.2 Å². The molecule has 2 N–H and O–H groups in total. The van der Waals surface area contributed by atoms with Crippen molar-refractivity contribution in [2.24, 2.45) is 0 Å². The molecule has 174 valence electrons. The van der Waals surface area contributed by atoms with Gasteiger partial charge in [0.05, 0.1) is 16.1 Å². The van der Waals surface area contributed by atoms with Gasteiger partial charge < -0.3 is 19.9 Å². The third-order valence-electron chi connectivity index (χ3n) is 5.05. The number of thiophene rings is 1. The van der Waals surface area contributed by atoms with E-state index in [2.05, 4.69) is 16.4 Å². The number of anilines is 1. The highest BCUT2D eigenvalue weighted by Crippen LogP contribution is 2.36. The Morgan fingerprint density at radius 1 is 1.09 bits per heavy atom. The highest BCUT2D eigenvalue weighted by Gasteiger charge is 2.20. The van der Waals surface area contributed by atoms with E-state index in [4.69, 9.17) is 9.47 Å². The Bertz CT molecular complexity index is 1410. The zero-order valence-corrected chi connectivity index (χ0v) is 19.3. The molecule has 2 heterocycles. The first-order valence-corrected chi connectivity index (χ1v) is 11.2. The molecule has 0 atom stereocenters. The topological polar surface area (TPSA) is 122 Å². The van der Waals surface area contributed by atoms with E-state index in [0.717, 1.165) is 0 Å². The van der Waals surface area contributed by atoms with Crippen LogP contribution in [0.4, 0.5) is 5.82 Å². The highest BCUT2D eigenvalue weighted by molar-refractivity contribution is 7.12. The number of nitriles is 1. The summed E-state index contributed by atoms with van der Waals surface area (Å²) in [4.78, 5) is 29.2. The minimum atomic E-state index is -1.06. The predicted octanol–water partition coefficient (Wildman–Crippen LogP) is 5.28. The molecular formula is C26H19N3O5S. The average molecular weight is 486 g/mol. The van der Waals surface area contributed by atoms with Gasteiger partial charge in [0.15, 0.2) is 12.6 Å². The monoisotopic (exact) mass is 485 g/mol. The third kappa shape index (κ3) is 5.19. The van der Waals surface area contributed by atoms with Gasteiger partial charge in [0.2, 0.25) is 0 Å². The van der Waals surface area contributed by atoms with Crippen LogP contribution in [0.3, 0.4) is 0 Å². The lowest BCUT2D eigenvalue weighted by Gasteiger charge is -2.15. The Labute approximate surface area is 205 Å². The van der Waals surface area contributed by atoms with Gasteiger partial charge >= 0.3 is 5.97 Å². The third-order valence-corrected chi connectivity index (χ3v) is 5.91. The maximum absolute atomic E-state index is 12.8. The lowest BCUT2D eigenvalue weighted by atomic mass is 9.97. The van der Waals surface area contributed by atoms with Gasteiger partial charge in [0, 0.05) is 18.2 Å². The molecule has 1 amide bonds. The van der Waals surface area contributed by atoms with Crippen LogP contribution in [-0.4, -0.2) is 35.9 Å². The van der Waals surface area contributed by atoms with Gasteiger partial charge in [0.25, 0.3) is 5.91 Å². The smallest absolute Gasteiger partial charge is 0.335 e. The van der Waals surface area contributed by atoms with Crippen molar-refractivity contribution in [2.45, 2.75) is 0 Å². The molecule has 8 nitrogen and oxygen atoms in total. The maximum atomic E-state index is 12.8. The number of methoxy groups -OCH3 is 1. The van der Waals surface area contributed by atoms with E-state index in [9.17, 15) is 20.0 Å². The Hall–Kier alpha value is -4.52. The quantitative estimate of drug-likeness (QED) is 0.326. The Kier molecular flexibility index (Phi) is 7.16. The number of hydrogen-bond donors (Lipinski definition) is 2. The summed E-state index contributed by atoms with van der Waals surface area (Å²) in [7, 11) is 1.51. The molecular weight excluding hydrogens is 466 g/mol. The van der Waals surface area contributed by atoms with Crippen molar-refractivity contribution < 1.29 is 24.2 Å². The summed E-state index contributed by atoms with van der Waals surface area (Å²) in [6.07, 6.45) is 0. The van der Waals surface area contributed by atoms with Crippen LogP contribution in [0.2, 0.25) is 0 Å². The summed E-state index contributed by atoms with van der Waals surface area (Å²) in [5, 5.41) is 23.8. The number of amides is 1. The number of carbonyl (C=O) groups excluding carboxylic acids is 1. The molecule has 35 heavy (non-hydrogen) atoms. The van der Waals surface area contributed by atoms with E-state index < -0.39 is 11.9 Å². The van der Waals surface area contributed by atoms with Crippen molar-refractivity contribution in [2.75, 3.05) is 19.2 Å². The van der Waals surface area contributed by atoms with Gasteiger partial charge in [-0.2, -0.15) is 5.26 Å². The first kappa shape index (κ1) is 23.6. The molecule has 0 spiro atoms. The lowest BCUT2D eigenvalue weighted by molar-refractivity contribution is 0.0515. The Balaban J connectivity index is 1.89. The molecule has 0 radical (unpaired) electrons. The van der Waals surface area contributed by atoms with Crippen molar-refractivity contribution in [1.82, 2.24) is 4.98 Å². The summed E-state index contributed by atoms with van der Waals surface area (Å²) >= 11 is 1.27. The predicted molar refractivity (Wildman–Crippen MR) is 132 cm³/mol. The zero-order chi connectivity index (χ0) is 24.8. The van der Waals surface area contributed by atoms with Crippen molar-refractivity contribution in [3.05, 3.63) is 88.1 Å². The second-order valence-electron chi connectivity index (χ2n) is 7.25. The number of nitrogens with zero attached hydrogens (tertiary/aromatic N) is 2. The lowest BCUT2D eigenvalue weighted by Crippen LogP contribution is -2.14. The number of nitrogens with one attached hydrogen (secondary N) is 1. The Morgan fingerprint density at radius 3 is 2.51 bits per heavy atom. The molecule has 2 aromatic heterocycles. The minimum Gasteiger partial charge on any atom is -0.478 e. The van der Waals surface area contributed by atoms with Gasteiger partial charge in [-0.05, 0) is 47.3 Å². The van der Waals surface area contributed by atoms with Crippen molar-refractivity contribution in [3.63, 3.8) is 0 Å². The molecule has 0 fully saturated rings. The van der Waals surface area contributed by atoms with E-state index >= 15 is 0 Å². The summed E-state index contributed by atoms with van der Waals surface area (Å²) in [6, 6.07) is 20.6. The number of para-hydroxylation sites is 1. The largest absolute Gasteiger partial charge is 0.478 e. The van der Waals surface area contributed by atoms with Crippen LogP contribution in [0.5, 0.6) is 5.75 Å². The van der Waals surface area contributed by atoms with E-state index in [0.29, 0.717) is 33.0 Å². The number of ether oxygens (including phenoxy) is 2. The van der Waals surface area contributed by atoms with Gasteiger partial charge in [-0.25, -0.2) is 9.78 Å². The molecule has 0 aliphatic carbocycles. The van der Waals surface area contributed by atoms with Gasteiger partial charge in [-0.1, -0.05) is 30.3 Å². The van der Waals surface area contributed by atoms with Crippen LogP contribution in [0.15, 0.2) is 72.1 Å². The number of pyridine rings is 1. The number of carbonyl (C=O) groups is 2. The molecule has 0 saturated heterocycles. The fourth-order valence-electron chi connectivity index (χ4n) is 3.41. The van der Waals surface area contributed by atoms with Gasteiger partial charge in [-0.3, -0.25) is 4.79 Å². The maximum Gasteiger partial charge on any atom is 0.335 e. The zero-order valence-electron chi connectivity index (χ0n) is 18.5. The number of rotatable bonds is 8. The van der Waals surface area contributed by atoms with Gasteiger partial charge in [-0.15, -0.1) is 11.3 Å². The van der Waals surface area contributed by atoms with Crippen LogP contribution in [0.1, 0.15) is 25.6 Å². The van der Waals surface area contributed by atoms with Crippen LogP contribution in [0, 0.1) is 11.3 Å². The summed E-state index contributed by atoms with van der Waals surface area (Å²) in [5.74, 6) is -0.852. The van der Waals surface area contributed by atoms with Crippen molar-refractivity contribution in [1.29, 1.82) is 5.26 Å². The molecule has 0 bridgehead atoms. The molecule has 9 heteroatoms. The summed E-state index contributed by atoms with van der Waals surface area (Å²) in [5.41, 5.74) is 2.43. The van der Waals surface area contributed by atoms with E-state index in [1.165, 1.54) is 30.6 Å². The van der Waals surface area contributed by atoms with Crippen LogP contribution >= 0.6 is 11.3 Å². The molecule has 4 aromatic rings. The molecule has 4 rings (SSSR count). The molecule has 0 saturated carbocycles. The first-order chi connectivity index (χ1) is 17.0. The summed E-state index contributed by atoms with van der Waals surface area (Å²) < 4.78 is 10.7. The second kappa shape index (κ2) is 10.6. The summed E-state index contributed by atoms with van der Waals surface area (Å²) in [6.45, 7) is 0.0266. The van der Waals surface area contributed by atoms with Crippen molar-refractivity contribution >= 4 is 29.0 Å². The number of hydrogen-bond acceptors (Lipinski definition) is 7. The fourth-order valence-corrected chi connectivity index (χ4v) is 4.03. The highest BCUT2D eigenvalue weighted by atomic mass is 32.1. The van der Waals surface area contributed by atoms with Crippen LogP contribution < -0.4 is 10.1 Å².